The molecule has 1 aliphatic rings. The Morgan fingerprint density at radius 1 is 1.10 bits per heavy atom. The quantitative estimate of drug-likeness (QED) is 0.891. The van der Waals surface area contributed by atoms with Gasteiger partial charge in [0.2, 0.25) is 0 Å². The zero-order chi connectivity index (χ0) is 14.8. The number of aromatic hydroxyl groups is 1. The Labute approximate surface area is 127 Å². The van der Waals surface area contributed by atoms with E-state index in [9.17, 15) is 5.11 Å². The summed E-state index contributed by atoms with van der Waals surface area (Å²) in [6.07, 6.45) is 2.33. The Balaban J connectivity index is 1.88. The van der Waals surface area contributed by atoms with Crippen LogP contribution in [0.25, 0.3) is 0 Å². The third-order valence-corrected chi connectivity index (χ3v) is 4.56. The first kappa shape index (κ1) is 14.2. The van der Waals surface area contributed by atoms with Gasteiger partial charge < -0.3 is 5.11 Å². The predicted octanol–water partition coefficient (Wildman–Crippen LogP) is 4.21. The molecule has 0 aliphatic carbocycles. The summed E-state index contributed by atoms with van der Waals surface area (Å²) in [6, 6.07) is 14.8. The summed E-state index contributed by atoms with van der Waals surface area (Å²) in [4.78, 5) is 2.47. The highest BCUT2D eigenvalue weighted by Gasteiger charge is 2.21. The highest BCUT2D eigenvalue weighted by Crippen LogP contribution is 2.32. The van der Waals surface area contributed by atoms with Crippen molar-refractivity contribution in [3.8, 4) is 5.75 Å². The molecular weight excluding hydrogens is 258 g/mol. The molecule has 2 aromatic carbocycles. The van der Waals surface area contributed by atoms with Gasteiger partial charge in [-0.15, -0.1) is 0 Å². The van der Waals surface area contributed by atoms with Crippen molar-refractivity contribution >= 4 is 0 Å². The fraction of sp³-hybridized carbons (Fsp3) is 0.368. The van der Waals surface area contributed by atoms with E-state index in [2.05, 4.69) is 49.1 Å². The lowest BCUT2D eigenvalue weighted by Crippen LogP contribution is -2.26. The summed E-state index contributed by atoms with van der Waals surface area (Å²) >= 11 is 0. The zero-order valence-corrected chi connectivity index (χ0v) is 12.8. The molecule has 0 bridgehead atoms. The first-order valence-electron chi connectivity index (χ1n) is 7.75. The number of aryl methyl sites for hydroxylation is 2. The van der Waals surface area contributed by atoms with Crippen molar-refractivity contribution in [2.75, 3.05) is 6.54 Å². The first-order chi connectivity index (χ1) is 10.1. The molecule has 110 valence electrons. The fourth-order valence-electron chi connectivity index (χ4n) is 3.26. The molecule has 0 radical (unpaired) electrons. The summed E-state index contributed by atoms with van der Waals surface area (Å²) in [7, 11) is 0. The molecule has 0 saturated carbocycles. The van der Waals surface area contributed by atoms with Gasteiger partial charge in [-0.25, -0.2) is 0 Å². The summed E-state index contributed by atoms with van der Waals surface area (Å²) in [5, 5.41) is 10.2. The molecular formula is C19H23NO. The van der Waals surface area contributed by atoms with Gasteiger partial charge in [0.15, 0.2) is 0 Å². The van der Waals surface area contributed by atoms with E-state index in [4.69, 9.17) is 0 Å². The van der Waals surface area contributed by atoms with E-state index < -0.39 is 0 Å². The Morgan fingerprint density at radius 2 is 1.86 bits per heavy atom. The molecule has 0 spiro atoms. The number of hydrogen-bond acceptors (Lipinski definition) is 2. The van der Waals surface area contributed by atoms with Gasteiger partial charge in [-0.3, -0.25) is 4.90 Å². The van der Waals surface area contributed by atoms with Crippen molar-refractivity contribution < 1.29 is 5.11 Å². The van der Waals surface area contributed by atoms with Gasteiger partial charge in [0.1, 0.15) is 5.75 Å². The Hall–Kier alpha value is -1.80. The second-order valence-electron chi connectivity index (χ2n) is 6.08. The van der Waals surface area contributed by atoms with E-state index in [1.165, 1.54) is 23.1 Å². The standard InChI is InChI=1S/C19H23NO/c1-14-9-10-19(21)18(12-14)15(2)20-11-5-8-16-6-3-4-7-17(16)13-20/h3-4,6-7,9-10,12,15,21H,5,8,11,13H2,1-2H3. The highest BCUT2D eigenvalue weighted by atomic mass is 16.3. The molecule has 3 rings (SSSR count). The monoisotopic (exact) mass is 281 g/mol. The van der Waals surface area contributed by atoms with Crippen molar-refractivity contribution in [2.24, 2.45) is 0 Å². The summed E-state index contributed by atoms with van der Waals surface area (Å²) in [5.41, 5.74) is 5.13. The third kappa shape index (κ3) is 2.96. The smallest absolute Gasteiger partial charge is 0.120 e. The number of nitrogens with zero attached hydrogens (tertiary/aromatic N) is 1. The number of hydrogen-bond donors (Lipinski definition) is 1. The van der Waals surface area contributed by atoms with E-state index in [0.29, 0.717) is 5.75 Å². The SMILES string of the molecule is Cc1ccc(O)c(C(C)N2CCCc3ccccc3C2)c1. The van der Waals surface area contributed by atoms with Gasteiger partial charge in [-0.05, 0) is 50.4 Å². The van der Waals surface area contributed by atoms with Crippen LogP contribution >= 0.6 is 0 Å². The molecule has 2 heteroatoms. The molecule has 1 aliphatic heterocycles. The molecule has 2 nitrogen and oxygen atoms in total. The molecule has 1 unspecified atom stereocenters. The summed E-state index contributed by atoms with van der Waals surface area (Å²) < 4.78 is 0. The maximum atomic E-state index is 10.2. The lowest BCUT2D eigenvalue weighted by Gasteiger charge is -2.29. The third-order valence-electron chi connectivity index (χ3n) is 4.56. The van der Waals surface area contributed by atoms with Crippen LogP contribution in [0, 0.1) is 6.92 Å². The Morgan fingerprint density at radius 3 is 2.67 bits per heavy atom. The van der Waals surface area contributed by atoms with E-state index in [-0.39, 0.29) is 6.04 Å². The molecule has 1 heterocycles. The van der Waals surface area contributed by atoms with Crippen LogP contribution in [-0.2, 0) is 13.0 Å². The summed E-state index contributed by atoms with van der Waals surface area (Å²) in [6.45, 7) is 6.31. The first-order valence-corrected chi connectivity index (χ1v) is 7.75. The van der Waals surface area contributed by atoms with Crippen molar-refractivity contribution in [3.05, 3.63) is 64.7 Å². The molecule has 1 atom stereocenters. The van der Waals surface area contributed by atoms with Crippen LogP contribution in [-0.4, -0.2) is 16.6 Å². The Bertz CT molecular complexity index is 635. The second-order valence-corrected chi connectivity index (χ2v) is 6.08. The van der Waals surface area contributed by atoms with Crippen molar-refractivity contribution in [1.29, 1.82) is 0 Å². The van der Waals surface area contributed by atoms with Gasteiger partial charge >= 0.3 is 0 Å². The fourth-order valence-corrected chi connectivity index (χ4v) is 3.26. The van der Waals surface area contributed by atoms with Crippen LogP contribution in [0.5, 0.6) is 5.75 Å². The van der Waals surface area contributed by atoms with Crippen LogP contribution in [0.2, 0.25) is 0 Å². The van der Waals surface area contributed by atoms with E-state index >= 15 is 0 Å². The van der Waals surface area contributed by atoms with Crippen LogP contribution in [0.4, 0.5) is 0 Å². The highest BCUT2D eigenvalue weighted by molar-refractivity contribution is 5.38. The molecule has 0 fully saturated rings. The average Bonchev–Trinajstić information content (AvgIpc) is 2.71. The lowest BCUT2D eigenvalue weighted by atomic mass is 10.0. The molecule has 0 amide bonds. The van der Waals surface area contributed by atoms with Crippen molar-refractivity contribution in [1.82, 2.24) is 4.90 Å². The lowest BCUT2D eigenvalue weighted by molar-refractivity contribution is 0.201. The van der Waals surface area contributed by atoms with Crippen LogP contribution in [0.3, 0.4) is 0 Å². The predicted molar refractivity (Wildman–Crippen MR) is 86.4 cm³/mol. The Kier molecular flexibility index (Phi) is 3.98. The van der Waals surface area contributed by atoms with Crippen LogP contribution in [0.1, 0.15) is 41.6 Å². The molecule has 2 aromatic rings. The van der Waals surface area contributed by atoms with Gasteiger partial charge in [-0.1, -0.05) is 42.0 Å². The maximum absolute atomic E-state index is 10.2. The van der Waals surface area contributed by atoms with Crippen LogP contribution in [0.15, 0.2) is 42.5 Å². The normalized spacial score (nSPS) is 17.0. The average molecular weight is 281 g/mol. The van der Waals surface area contributed by atoms with Gasteiger partial charge in [0.25, 0.3) is 0 Å². The maximum Gasteiger partial charge on any atom is 0.120 e. The molecule has 0 saturated heterocycles. The van der Waals surface area contributed by atoms with E-state index in [0.717, 1.165) is 25.1 Å². The minimum absolute atomic E-state index is 0.232. The molecule has 0 aromatic heterocycles. The number of fused-ring (bicyclic) bond motifs is 1. The largest absolute Gasteiger partial charge is 0.508 e. The van der Waals surface area contributed by atoms with Gasteiger partial charge in [-0.2, -0.15) is 0 Å². The minimum atomic E-state index is 0.232. The van der Waals surface area contributed by atoms with E-state index in [1.54, 1.807) is 0 Å². The molecule has 1 N–H and O–H groups in total. The summed E-state index contributed by atoms with van der Waals surface area (Å²) in [5.74, 6) is 0.408. The van der Waals surface area contributed by atoms with Gasteiger partial charge in [0.05, 0.1) is 0 Å². The number of phenols is 1. The zero-order valence-electron chi connectivity index (χ0n) is 12.8. The minimum Gasteiger partial charge on any atom is -0.508 e. The molecule has 21 heavy (non-hydrogen) atoms. The number of benzene rings is 2. The van der Waals surface area contributed by atoms with Crippen LogP contribution < -0.4 is 0 Å². The van der Waals surface area contributed by atoms with Crippen molar-refractivity contribution in [3.63, 3.8) is 0 Å². The van der Waals surface area contributed by atoms with E-state index in [1.807, 2.05) is 12.1 Å². The number of phenolic OH excluding ortho intramolecular Hbond substituents is 1. The topological polar surface area (TPSA) is 23.5 Å². The van der Waals surface area contributed by atoms with Crippen molar-refractivity contribution in [2.45, 2.75) is 39.3 Å². The second kappa shape index (κ2) is 5.90. The number of rotatable bonds is 2. The van der Waals surface area contributed by atoms with Gasteiger partial charge in [0, 0.05) is 18.2 Å².